The van der Waals surface area contributed by atoms with Gasteiger partial charge in [0.15, 0.2) is 0 Å². The predicted molar refractivity (Wildman–Crippen MR) is 156 cm³/mol. The van der Waals surface area contributed by atoms with Gasteiger partial charge >= 0.3 is 6.09 Å². The fourth-order valence-corrected chi connectivity index (χ4v) is 8.93. The molecule has 0 aromatic carbocycles. The van der Waals surface area contributed by atoms with Crippen molar-refractivity contribution in [3.8, 4) is 0 Å². The molecule has 7 atom stereocenters. The SMILES string of the molecule is CC(C)(C)OC(=O)NC(=N)C1CCC2CC(C(=O)NC3CCC(O)CC3)N(CC3CCCC4CCCCC43)C2C1. The zero-order valence-electron chi connectivity index (χ0n) is 25.1. The summed E-state index contributed by atoms with van der Waals surface area (Å²) in [6, 6.07) is 0.321. The van der Waals surface area contributed by atoms with E-state index in [0.717, 1.165) is 69.7 Å². The molecule has 0 spiro atoms. The summed E-state index contributed by atoms with van der Waals surface area (Å²) in [5.41, 5.74) is -0.599. The molecular formula is C32H54N4O4. The van der Waals surface area contributed by atoms with E-state index in [1.807, 2.05) is 20.8 Å². The third-order valence-corrected chi connectivity index (χ3v) is 10.9. The highest BCUT2D eigenvalue weighted by atomic mass is 16.6. The van der Waals surface area contributed by atoms with Gasteiger partial charge < -0.3 is 15.2 Å². The Morgan fingerprint density at radius 2 is 1.62 bits per heavy atom. The standard InChI is InChI=1S/C32H54N4O4/c1-32(2,3)40-31(39)35-29(33)22-12-11-21-17-28(30(38)34-24-13-15-25(37)16-14-24)36(27(21)18-22)19-23-9-6-8-20-7-4-5-10-26(20)23/h20-28,37H,4-19H2,1-3H3,(H,34,38)(H2,33,35,39). The average Bonchev–Trinajstić information content (AvgIpc) is 3.27. The number of likely N-dealkylation sites (tertiary alicyclic amines) is 1. The van der Waals surface area contributed by atoms with Crippen molar-refractivity contribution < 1.29 is 19.4 Å². The number of amides is 2. The molecule has 8 heteroatoms. The Morgan fingerprint density at radius 1 is 0.900 bits per heavy atom. The van der Waals surface area contributed by atoms with E-state index < -0.39 is 11.7 Å². The van der Waals surface area contributed by atoms with Gasteiger partial charge in [0.05, 0.1) is 12.1 Å². The summed E-state index contributed by atoms with van der Waals surface area (Å²) in [7, 11) is 0. The van der Waals surface area contributed by atoms with Gasteiger partial charge in [-0.2, -0.15) is 0 Å². The molecule has 0 radical (unpaired) electrons. The number of carbonyl (C=O) groups is 2. The van der Waals surface area contributed by atoms with E-state index in [4.69, 9.17) is 10.1 Å². The van der Waals surface area contributed by atoms with Gasteiger partial charge in [-0.3, -0.25) is 20.4 Å². The molecule has 5 rings (SSSR count). The summed E-state index contributed by atoms with van der Waals surface area (Å²) in [4.78, 5) is 28.8. The lowest BCUT2D eigenvalue weighted by atomic mass is 9.65. The molecule has 40 heavy (non-hydrogen) atoms. The highest BCUT2D eigenvalue weighted by molar-refractivity contribution is 5.95. The second-order valence-electron chi connectivity index (χ2n) is 14.7. The third-order valence-electron chi connectivity index (χ3n) is 10.9. The Kier molecular flexibility index (Phi) is 9.45. The molecule has 0 bridgehead atoms. The van der Waals surface area contributed by atoms with Gasteiger partial charge in [0.1, 0.15) is 11.4 Å². The van der Waals surface area contributed by atoms with E-state index in [2.05, 4.69) is 15.5 Å². The van der Waals surface area contributed by atoms with Crippen LogP contribution >= 0.6 is 0 Å². The smallest absolute Gasteiger partial charge is 0.413 e. The highest BCUT2D eigenvalue weighted by Gasteiger charge is 2.49. The Morgan fingerprint density at radius 3 is 2.38 bits per heavy atom. The van der Waals surface area contributed by atoms with Crippen LogP contribution in [-0.4, -0.2) is 64.2 Å². The van der Waals surface area contributed by atoms with Crippen LogP contribution in [0.2, 0.25) is 0 Å². The average molecular weight is 559 g/mol. The first-order valence-corrected chi connectivity index (χ1v) is 16.4. The van der Waals surface area contributed by atoms with E-state index in [1.54, 1.807) is 0 Å². The minimum atomic E-state index is -0.599. The van der Waals surface area contributed by atoms with Gasteiger partial charge in [0.25, 0.3) is 0 Å². The van der Waals surface area contributed by atoms with Crippen molar-refractivity contribution in [2.24, 2.45) is 29.6 Å². The van der Waals surface area contributed by atoms with Crippen molar-refractivity contribution >= 4 is 17.8 Å². The molecule has 7 unspecified atom stereocenters. The number of aliphatic hydroxyl groups excluding tert-OH is 1. The molecule has 4 saturated carbocycles. The number of nitrogens with zero attached hydrogens (tertiary/aromatic N) is 1. The van der Waals surface area contributed by atoms with Crippen LogP contribution in [0.5, 0.6) is 0 Å². The fourth-order valence-electron chi connectivity index (χ4n) is 8.93. The van der Waals surface area contributed by atoms with E-state index in [-0.39, 0.29) is 41.9 Å². The summed E-state index contributed by atoms with van der Waals surface area (Å²) in [6.07, 6.45) is 15.4. The number of nitrogens with one attached hydrogen (secondary N) is 3. The lowest BCUT2D eigenvalue weighted by Crippen LogP contribution is -2.53. The largest absolute Gasteiger partial charge is 0.444 e. The molecule has 4 aliphatic carbocycles. The highest BCUT2D eigenvalue weighted by Crippen LogP contribution is 2.47. The number of hydrogen-bond donors (Lipinski definition) is 4. The second kappa shape index (κ2) is 12.7. The molecule has 0 aromatic rings. The third kappa shape index (κ3) is 7.21. The van der Waals surface area contributed by atoms with Crippen LogP contribution < -0.4 is 10.6 Å². The van der Waals surface area contributed by atoms with Crippen molar-refractivity contribution in [2.45, 2.75) is 147 Å². The Labute approximate surface area is 241 Å². The Hall–Kier alpha value is -1.67. The number of amidine groups is 1. The predicted octanol–water partition coefficient (Wildman–Crippen LogP) is 5.37. The number of aliphatic hydroxyl groups is 1. The van der Waals surface area contributed by atoms with E-state index >= 15 is 0 Å². The fraction of sp³-hybridized carbons (Fsp3) is 0.906. The van der Waals surface area contributed by atoms with Crippen LogP contribution in [0, 0.1) is 35.0 Å². The summed E-state index contributed by atoms with van der Waals surface area (Å²) < 4.78 is 5.42. The van der Waals surface area contributed by atoms with Crippen molar-refractivity contribution in [1.82, 2.24) is 15.5 Å². The van der Waals surface area contributed by atoms with E-state index in [9.17, 15) is 14.7 Å². The van der Waals surface area contributed by atoms with Crippen molar-refractivity contribution in [1.29, 1.82) is 5.41 Å². The number of rotatable bonds is 5. The van der Waals surface area contributed by atoms with E-state index in [0.29, 0.717) is 11.8 Å². The van der Waals surface area contributed by atoms with Gasteiger partial charge in [0.2, 0.25) is 5.91 Å². The summed E-state index contributed by atoms with van der Waals surface area (Å²) in [6.45, 7) is 6.49. The molecular weight excluding hydrogens is 504 g/mol. The van der Waals surface area contributed by atoms with Gasteiger partial charge in [-0.25, -0.2) is 4.79 Å². The molecule has 226 valence electrons. The molecule has 4 N–H and O–H groups in total. The number of carbonyl (C=O) groups excluding carboxylic acids is 2. The maximum atomic E-state index is 13.8. The van der Waals surface area contributed by atoms with Crippen LogP contribution in [0.15, 0.2) is 0 Å². The Bertz CT molecular complexity index is 909. The van der Waals surface area contributed by atoms with Gasteiger partial charge in [-0.1, -0.05) is 32.1 Å². The first kappa shape index (κ1) is 29.8. The zero-order chi connectivity index (χ0) is 28.4. The Balaban J connectivity index is 1.29. The first-order chi connectivity index (χ1) is 19.1. The first-order valence-electron chi connectivity index (χ1n) is 16.4. The van der Waals surface area contributed by atoms with Crippen molar-refractivity contribution in [2.75, 3.05) is 6.54 Å². The summed E-state index contributed by atoms with van der Waals surface area (Å²) in [5, 5.41) is 24.7. The molecule has 1 saturated heterocycles. The number of hydrogen-bond acceptors (Lipinski definition) is 6. The van der Waals surface area contributed by atoms with Crippen LogP contribution in [0.3, 0.4) is 0 Å². The second-order valence-corrected chi connectivity index (χ2v) is 14.7. The van der Waals surface area contributed by atoms with Crippen LogP contribution in [0.4, 0.5) is 4.79 Å². The quantitative estimate of drug-likeness (QED) is 0.267. The maximum Gasteiger partial charge on any atom is 0.413 e. The molecule has 1 heterocycles. The molecule has 0 aromatic heterocycles. The molecule has 1 aliphatic heterocycles. The van der Waals surface area contributed by atoms with E-state index in [1.165, 1.54) is 44.9 Å². The van der Waals surface area contributed by atoms with Gasteiger partial charge in [0, 0.05) is 24.5 Å². The van der Waals surface area contributed by atoms with Crippen LogP contribution in [0.1, 0.15) is 117 Å². The summed E-state index contributed by atoms with van der Waals surface area (Å²) >= 11 is 0. The van der Waals surface area contributed by atoms with Gasteiger partial charge in [-0.05, 0) is 109 Å². The number of alkyl carbamates (subject to hydrolysis) is 1. The van der Waals surface area contributed by atoms with Crippen LogP contribution in [0.25, 0.3) is 0 Å². The molecule has 5 fully saturated rings. The van der Waals surface area contributed by atoms with Crippen molar-refractivity contribution in [3.63, 3.8) is 0 Å². The lowest BCUT2D eigenvalue weighted by Gasteiger charge is -2.45. The monoisotopic (exact) mass is 558 g/mol. The maximum absolute atomic E-state index is 13.8. The zero-order valence-corrected chi connectivity index (χ0v) is 25.1. The summed E-state index contributed by atoms with van der Waals surface area (Å²) in [5.74, 6) is 3.16. The van der Waals surface area contributed by atoms with Crippen molar-refractivity contribution in [3.05, 3.63) is 0 Å². The minimum Gasteiger partial charge on any atom is -0.444 e. The topological polar surface area (TPSA) is 115 Å². The lowest BCUT2D eigenvalue weighted by molar-refractivity contribution is -0.127. The van der Waals surface area contributed by atoms with Gasteiger partial charge in [-0.15, -0.1) is 0 Å². The molecule has 8 nitrogen and oxygen atoms in total. The number of fused-ring (bicyclic) bond motifs is 2. The molecule has 5 aliphatic rings. The molecule has 2 amide bonds. The normalized spacial score (nSPS) is 38.5. The minimum absolute atomic E-state index is 0.0216. The number of ether oxygens (including phenoxy) is 1. The van der Waals surface area contributed by atoms with Crippen LogP contribution in [-0.2, 0) is 9.53 Å².